The summed E-state index contributed by atoms with van der Waals surface area (Å²) in [4.78, 5) is 2.60. The first-order valence-electron chi connectivity index (χ1n) is 7.89. The third-order valence-electron chi connectivity index (χ3n) is 4.84. The summed E-state index contributed by atoms with van der Waals surface area (Å²) in [5.41, 5.74) is 2.89. The molecule has 1 N–H and O–H groups in total. The summed E-state index contributed by atoms with van der Waals surface area (Å²) in [6.07, 6.45) is 6.68. The van der Waals surface area contributed by atoms with Gasteiger partial charge in [0.15, 0.2) is 0 Å². The second-order valence-corrected chi connectivity index (χ2v) is 6.98. The van der Waals surface area contributed by atoms with Gasteiger partial charge in [-0.15, -0.1) is 0 Å². The molecule has 0 amide bonds. The highest BCUT2D eigenvalue weighted by Crippen LogP contribution is 2.32. The van der Waals surface area contributed by atoms with Gasteiger partial charge in [0.1, 0.15) is 0 Å². The molecule has 0 aromatic heterocycles. The van der Waals surface area contributed by atoms with E-state index in [1.807, 2.05) is 0 Å². The molecule has 3 heteroatoms. The molecule has 1 heterocycles. The van der Waals surface area contributed by atoms with Crippen LogP contribution in [0.4, 0.5) is 0 Å². The van der Waals surface area contributed by atoms with Crippen molar-refractivity contribution in [2.45, 2.75) is 51.1 Å². The Morgan fingerprint density at radius 2 is 2.05 bits per heavy atom. The number of nitrogens with one attached hydrogen (secondary N) is 1. The van der Waals surface area contributed by atoms with Crippen LogP contribution in [0.3, 0.4) is 0 Å². The van der Waals surface area contributed by atoms with Gasteiger partial charge in [0.2, 0.25) is 0 Å². The molecule has 1 aliphatic heterocycles. The van der Waals surface area contributed by atoms with E-state index in [1.165, 1.54) is 56.3 Å². The Kier molecular flexibility index (Phi) is 4.34. The van der Waals surface area contributed by atoms with Crippen molar-refractivity contribution in [2.75, 3.05) is 19.6 Å². The summed E-state index contributed by atoms with van der Waals surface area (Å²) in [6.45, 7) is 6.61. The number of hydrogen-bond donors (Lipinski definition) is 1. The first-order chi connectivity index (χ1) is 9.67. The van der Waals surface area contributed by atoms with Crippen LogP contribution < -0.4 is 5.32 Å². The fourth-order valence-corrected chi connectivity index (χ4v) is 4.06. The molecule has 1 aromatic carbocycles. The summed E-state index contributed by atoms with van der Waals surface area (Å²) < 4.78 is 0. The van der Waals surface area contributed by atoms with Crippen molar-refractivity contribution < 1.29 is 0 Å². The summed E-state index contributed by atoms with van der Waals surface area (Å²) in [5.74, 6) is 0. The molecule has 1 saturated carbocycles. The smallest absolute Gasteiger partial charge is 0.0453 e. The molecule has 0 bridgehead atoms. The maximum atomic E-state index is 6.40. The van der Waals surface area contributed by atoms with Crippen molar-refractivity contribution in [3.63, 3.8) is 0 Å². The first-order valence-corrected chi connectivity index (χ1v) is 8.27. The van der Waals surface area contributed by atoms with Crippen LogP contribution in [-0.2, 0) is 6.54 Å². The molecule has 3 rings (SSSR count). The van der Waals surface area contributed by atoms with E-state index in [9.17, 15) is 0 Å². The van der Waals surface area contributed by atoms with Crippen LogP contribution in [0.2, 0.25) is 5.02 Å². The van der Waals surface area contributed by atoms with Gasteiger partial charge in [-0.2, -0.15) is 0 Å². The fourth-order valence-electron chi connectivity index (χ4n) is 3.76. The van der Waals surface area contributed by atoms with E-state index in [4.69, 9.17) is 11.6 Å². The van der Waals surface area contributed by atoms with Crippen molar-refractivity contribution in [1.29, 1.82) is 0 Å². The van der Waals surface area contributed by atoms with Crippen molar-refractivity contribution in [3.8, 4) is 0 Å². The molecule has 2 fully saturated rings. The number of aryl methyl sites for hydroxylation is 1. The van der Waals surface area contributed by atoms with E-state index in [0.717, 1.165) is 18.1 Å². The van der Waals surface area contributed by atoms with Gasteiger partial charge >= 0.3 is 0 Å². The molecule has 2 nitrogen and oxygen atoms in total. The minimum Gasteiger partial charge on any atom is -0.310 e. The van der Waals surface area contributed by atoms with Crippen molar-refractivity contribution in [3.05, 3.63) is 34.3 Å². The first kappa shape index (κ1) is 14.4. The lowest BCUT2D eigenvalue weighted by molar-refractivity contribution is 0.203. The maximum Gasteiger partial charge on any atom is 0.0453 e. The van der Waals surface area contributed by atoms with E-state index < -0.39 is 0 Å². The molecular formula is C17H25ClN2. The highest BCUT2D eigenvalue weighted by atomic mass is 35.5. The lowest BCUT2D eigenvalue weighted by Gasteiger charge is -2.33. The largest absolute Gasteiger partial charge is 0.310 e. The monoisotopic (exact) mass is 292 g/mol. The van der Waals surface area contributed by atoms with Gasteiger partial charge in [0.25, 0.3) is 0 Å². The minimum atomic E-state index is 0.383. The Morgan fingerprint density at radius 3 is 2.80 bits per heavy atom. The Balaban J connectivity index is 1.72. The number of nitrogens with zero attached hydrogens (tertiary/aromatic N) is 1. The zero-order valence-electron chi connectivity index (χ0n) is 12.4. The minimum absolute atomic E-state index is 0.383. The number of hydrogen-bond acceptors (Lipinski definition) is 2. The summed E-state index contributed by atoms with van der Waals surface area (Å²) in [5, 5.41) is 4.74. The molecule has 20 heavy (non-hydrogen) atoms. The number of benzene rings is 1. The van der Waals surface area contributed by atoms with Gasteiger partial charge in [-0.1, -0.05) is 36.6 Å². The summed E-state index contributed by atoms with van der Waals surface area (Å²) in [7, 11) is 0. The molecule has 1 aromatic rings. The Hall–Kier alpha value is -0.570. The van der Waals surface area contributed by atoms with Crippen LogP contribution >= 0.6 is 11.6 Å². The van der Waals surface area contributed by atoms with E-state index in [-0.39, 0.29) is 0 Å². The van der Waals surface area contributed by atoms with Gasteiger partial charge in [-0.3, -0.25) is 4.90 Å². The molecule has 1 spiro atoms. The Morgan fingerprint density at radius 1 is 1.25 bits per heavy atom. The predicted octanol–water partition coefficient (Wildman–Crippen LogP) is 3.76. The highest BCUT2D eigenvalue weighted by Gasteiger charge is 2.36. The molecule has 0 radical (unpaired) electrons. The second-order valence-electron chi connectivity index (χ2n) is 6.57. The molecule has 110 valence electrons. The van der Waals surface area contributed by atoms with Gasteiger partial charge in [-0.25, -0.2) is 0 Å². The van der Waals surface area contributed by atoms with Crippen LogP contribution in [0.5, 0.6) is 0 Å². The topological polar surface area (TPSA) is 15.3 Å². The maximum absolute atomic E-state index is 6.40. The SMILES string of the molecule is Cc1ccc(CN2CCCNC3(CCCC3)C2)c(Cl)c1. The van der Waals surface area contributed by atoms with Crippen LogP contribution in [0.25, 0.3) is 0 Å². The zero-order chi connectivity index (χ0) is 14.0. The standard InChI is InChI=1S/C17H25ClN2/c1-14-5-6-15(16(18)11-14)12-20-10-4-9-19-17(13-20)7-2-3-8-17/h5-6,11,19H,2-4,7-10,12-13H2,1H3. The van der Waals surface area contributed by atoms with Gasteiger partial charge in [0.05, 0.1) is 0 Å². The Bertz CT molecular complexity index is 466. The molecule has 0 unspecified atom stereocenters. The van der Waals surface area contributed by atoms with Crippen LogP contribution in [0.1, 0.15) is 43.2 Å². The van der Waals surface area contributed by atoms with E-state index in [0.29, 0.717) is 5.54 Å². The average Bonchev–Trinajstić information content (AvgIpc) is 2.76. The van der Waals surface area contributed by atoms with Gasteiger partial charge < -0.3 is 5.32 Å². The number of halogens is 1. The summed E-state index contributed by atoms with van der Waals surface area (Å²) >= 11 is 6.40. The highest BCUT2D eigenvalue weighted by molar-refractivity contribution is 6.31. The van der Waals surface area contributed by atoms with Crippen molar-refractivity contribution in [1.82, 2.24) is 10.2 Å². The lowest BCUT2D eigenvalue weighted by Crippen LogP contribution is -2.49. The van der Waals surface area contributed by atoms with E-state index in [1.54, 1.807) is 0 Å². The Labute approximate surface area is 127 Å². The van der Waals surface area contributed by atoms with E-state index in [2.05, 4.69) is 35.3 Å². The molecule has 0 atom stereocenters. The quantitative estimate of drug-likeness (QED) is 0.893. The third kappa shape index (κ3) is 3.19. The summed E-state index contributed by atoms with van der Waals surface area (Å²) in [6, 6.07) is 6.44. The average molecular weight is 293 g/mol. The second kappa shape index (κ2) is 6.05. The van der Waals surface area contributed by atoms with Crippen LogP contribution in [0, 0.1) is 6.92 Å². The molecular weight excluding hydrogens is 268 g/mol. The van der Waals surface area contributed by atoms with E-state index >= 15 is 0 Å². The van der Waals surface area contributed by atoms with Crippen molar-refractivity contribution >= 4 is 11.6 Å². The van der Waals surface area contributed by atoms with Gasteiger partial charge in [-0.05, 0) is 56.5 Å². The van der Waals surface area contributed by atoms with Crippen LogP contribution in [-0.4, -0.2) is 30.1 Å². The normalized spacial score (nSPS) is 23.1. The van der Waals surface area contributed by atoms with Crippen LogP contribution in [0.15, 0.2) is 18.2 Å². The van der Waals surface area contributed by atoms with Crippen molar-refractivity contribution in [2.24, 2.45) is 0 Å². The number of rotatable bonds is 2. The third-order valence-corrected chi connectivity index (χ3v) is 5.19. The molecule has 2 aliphatic rings. The predicted molar refractivity (Wildman–Crippen MR) is 85.3 cm³/mol. The molecule has 1 aliphatic carbocycles. The lowest BCUT2D eigenvalue weighted by atomic mass is 9.97. The van der Waals surface area contributed by atoms with Gasteiger partial charge in [0, 0.05) is 23.7 Å². The zero-order valence-corrected chi connectivity index (χ0v) is 13.2. The molecule has 1 saturated heterocycles. The fraction of sp³-hybridized carbons (Fsp3) is 0.647.